The highest BCUT2D eigenvalue weighted by atomic mass is 31.1. The van der Waals surface area contributed by atoms with E-state index in [4.69, 9.17) is 0 Å². The molecular weight excluding hydrogens is 206 g/mol. The fourth-order valence-corrected chi connectivity index (χ4v) is 10.7. The third-order valence-corrected chi connectivity index (χ3v) is 12.2. The minimum absolute atomic E-state index is 0.0302. The molecule has 2 heteroatoms. The van der Waals surface area contributed by atoms with Crippen LogP contribution in [0.4, 0.5) is 0 Å². The van der Waals surface area contributed by atoms with Crippen LogP contribution >= 0.6 is 15.8 Å². The average Bonchev–Trinajstić information content (AvgIpc) is 2.01. The summed E-state index contributed by atoms with van der Waals surface area (Å²) in [5.41, 5.74) is 0. The van der Waals surface area contributed by atoms with Gasteiger partial charge in [0.25, 0.3) is 0 Å². The van der Waals surface area contributed by atoms with Crippen molar-refractivity contribution in [2.75, 3.05) is 24.6 Å². The van der Waals surface area contributed by atoms with Crippen molar-refractivity contribution in [2.45, 2.75) is 51.9 Å². The molecule has 0 nitrogen and oxygen atoms in total. The van der Waals surface area contributed by atoms with Gasteiger partial charge >= 0.3 is 0 Å². The van der Waals surface area contributed by atoms with Crippen molar-refractivity contribution in [3.05, 3.63) is 0 Å². The van der Waals surface area contributed by atoms with Gasteiger partial charge in [0.1, 0.15) is 0 Å². The Morgan fingerprint density at radius 3 is 0.929 bits per heavy atom. The Kier molecular flexibility index (Phi) is 4.05. The second-order valence-electron chi connectivity index (χ2n) is 6.71. The van der Waals surface area contributed by atoms with Crippen LogP contribution in [-0.4, -0.2) is 35.0 Å². The minimum Gasteiger partial charge on any atom is -0.0261 e. The molecule has 0 spiro atoms. The van der Waals surface area contributed by atoms with Crippen LogP contribution in [0, 0.1) is 0 Å². The Morgan fingerprint density at radius 2 is 0.786 bits per heavy atom. The zero-order valence-electron chi connectivity index (χ0n) is 10.8. The summed E-state index contributed by atoms with van der Waals surface area (Å²) in [5, 5.41) is 1.30. The van der Waals surface area contributed by atoms with E-state index in [1.165, 1.54) is 0 Å². The lowest BCUT2D eigenvalue weighted by Gasteiger charge is -2.32. The van der Waals surface area contributed by atoms with Crippen molar-refractivity contribution in [1.82, 2.24) is 0 Å². The highest BCUT2D eigenvalue weighted by molar-refractivity contribution is 7.67. The molecule has 1 aliphatic heterocycles. The van der Waals surface area contributed by atoms with Crippen LogP contribution in [0.5, 0.6) is 0 Å². The molecule has 1 rings (SSSR count). The van der Waals surface area contributed by atoms with Crippen molar-refractivity contribution in [3.8, 4) is 0 Å². The van der Waals surface area contributed by atoms with Crippen LogP contribution in [0.25, 0.3) is 0 Å². The van der Waals surface area contributed by atoms with Gasteiger partial charge in [0.15, 0.2) is 0 Å². The SMILES string of the molecule is CC(C)(C)[PH+]1CC[PH+](C(C)(C)C)CC1. The van der Waals surface area contributed by atoms with Gasteiger partial charge in [-0.05, 0) is 41.5 Å². The third kappa shape index (κ3) is 3.46. The van der Waals surface area contributed by atoms with Gasteiger partial charge in [0, 0.05) is 15.8 Å². The summed E-state index contributed by atoms with van der Waals surface area (Å²) >= 11 is 0. The second kappa shape index (κ2) is 4.39. The van der Waals surface area contributed by atoms with Crippen molar-refractivity contribution in [2.24, 2.45) is 0 Å². The first-order valence-electron chi connectivity index (χ1n) is 5.91. The Labute approximate surface area is 92.7 Å². The van der Waals surface area contributed by atoms with Crippen LogP contribution < -0.4 is 0 Å². The predicted molar refractivity (Wildman–Crippen MR) is 75.6 cm³/mol. The van der Waals surface area contributed by atoms with Crippen LogP contribution in [0.3, 0.4) is 0 Å². The maximum absolute atomic E-state index is 2.45. The van der Waals surface area contributed by atoms with E-state index in [1.54, 1.807) is 24.6 Å². The lowest BCUT2D eigenvalue weighted by atomic mass is 10.3. The van der Waals surface area contributed by atoms with Crippen LogP contribution in [0.1, 0.15) is 41.5 Å². The fourth-order valence-electron chi connectivity index (χ4n) is 2.35. The Hall–Kier alpha value is 0.860. The van der Waals surface area contributed by atoms with Gasteiger partial charge in [-0.15, -0.1) is 0 Å². The van der Waals surface area contributed by atoms with Gasteiger partial charge in [-0.25, -0.2) is 0 Å². The van der Waals surface area contributed by atoms with Crippen molar-refractivity contribution >= 4 is 15.8 Å². The molecule has 0 unspecified atom stereocenters. The van der Waals surface area contributed by atoms with E-state index in [1.807, 2.05) is 0 Å². The lowest BCUT2D eigenvalue weighted by molar-refractivity contribution is 0.765. The highest BCUT2D eigenvalue weighted by Crippen LogP contribution is 2.61. The van der Waals surface area contributed by atoms with E-state index in [9.17, 15) is 0 Å². The van der Waals surface area contributed by atoms with Gasteiger partial charge in [-0.2, -0.15) is 0 Å². The topological polar surface area (TPSA) is 0 Å². The molecule has 0 atom stereocenters. The van der Waals surface area contributed by atoms with Gasteiger partial charge in [0.2, 0.25) is 0 Å². The monoisotopic (exact) mass is 234 g/mol. The molecule has 0 saturated carbocycles. The zero-order chi connectivity index (χ0) is 11.0. The van der Waals surface area contributed by atoms with E-state index < -0.39 is 0 Å². The Morgan fingerprint density at radius 1 is 0.571 bits per heavy atom. The molecule has 0 radical (unpaired) electrons. The first kappa shape index (κ1) is 12.9. The second-order valence-corrected chi connectivity index (χ2v) is 14.1. The summed E-state index contributed by atoms with van der Waals surface area (Å²) in [7, 11) is -0.0604. The summed E-state index contributed by atoms with van der Waals surface area (Å²) in [6.45, 7) is 14.7. The molecule has 0 aliphatic carbocycles. The molecular formula is C12H28P2+2. The van der Waals surface area contributed by atoms with Crippen LogP contribution in [-0.2, 0) is 0 Å². The molecule has 14 heavy (non-hydrogen) atoms. The Balaban J connectivity index is 2.47. The van der Waals surface area contributed by atoms with E-state index >= 15 is 0 Å². The number of hydrogen-bond donors (Lipinski definition) is 0. The molecule has 1 aliphatic rings. The van der Waals surface area contributed by atoms with Crippen LogP contribution in [0.2, 0.25) is 0 Å². The average molecular weight is 234 g/mol. The van der Waals surface area contributed by atoms with E-state index in [0.717, 1.165) is 0 Å². The van der Waals surface area contributed by atoms with Gasteiger partial charge in [0.05, 0.1) is 35.0 Å². The zero-order valence-corrected chi connectivity index (χ0v) is 12.8. The van der Waals surface area contributed by atoms with Gasteiger partial charge in [-0.1, -0.05) is 0 Å². The molecule has 0 N–H and O–H groups in total. The lowest BCUT2D eigenvalue weighted by Crippen LogP contribution is -2.26. The van der Waals surface area contributed by atoms with Crippen molar-refractivity contribution in [1.29, 1.82) is 0 Å². The van der Waals surface area contributed by atoms with Crippen molar-refractivity contribution in [3.63, 3.8) is 0 Å². The normalized spacial score (nSPS) is 30.4. The standard InChI is InChI=1S/C12H26P2/c1-11(2,3)13-7-9-14(10-8-13)12(4,5)6/h7-10H2,1-6H3/p+2. The largest absolute Gasteiger partial charge is 0.0911 e. The first-order chi connectivity index (χ1) is 6.21. The number of rotatable bonds is 0. The van der Waals surface area contributed by atoms with Crippen molar-refractivity contribution < 1.29 is 0 Å². The van der Waals surface area contributed by atoms with E-state index in [0.29, 0.717) is 10.3 Å². The molecule has 1 fully saturated rings. The van der Waals surface area contributed by atoms with E-state index in [-0.39, 0.29) is 15.8 Å². The summed E-state index contributed by atoms with van der Waals surface area (Å²) in [5.74, 6) is 0. The minimum atomic E-state index is -0.0302. The molecule has 0 aromatic carbocycles. The molecule has 1 saturated heterocycles. The molecule has 0 aromatic rings. The molecule has 0 aromatic heterocycles. The molecule has 84 valence electrons. The smallest absolute Gasteiger partial charge is 0.0261 e. The van der Waals surface area contributed by atoms with Gasteiger partial charge < -0.3 is 0 Å². The van der Waals surface area contributed by atoms with Crippen LogP contribution in [0.15, 0.2) is 0 Å². The number of hydrogen-bond acceptors (Lipinski definition) is 0. The van der Waals surface area contributed by atoms with Gasteiger partial charge in [-0.3, -0.25) is 0 Å². The summed E-state index contributed by atoms with van der Waals surface area (Å²) < 4.78 is 0. The predicted octanol–water partition coefficient (Wildman–Crippen LogP) is 4.03. The molecule has 1 heterocycles. The highest BCUT2D eigenvalue weighted by Gasteiger charge is 2.43. The Bertz CT molecular complexity index is 155. The maximum Gasteiger partial charge on any atom is 0.0911 e. The summed E-state index contributed by atoms with van der Waals surface area (Å²) in [6, 6.07) is 0. The molecule has 0 amide bonds. The first-order valence-corrected chi connectivity index (χ1v) is 9.74. The molecule has 0 bridgehead atoms. The third-order valence-electron chi connectivity index (χ3n) is 3.58. The summed E-state index contributed by atoms with van der Waals surface area (Å²) in [6.07, 6.45) is 6.39. The summed E-state index contributed by atoms with van der Waals surface area (Å²) in [4.78, 5) is 0. The maximum atomic E-state index is 2.45. The van der Waals surface area contributed by atoms with E-state index in [2.05, 4.69) is 41.5 Å². The quantitative estimate of drug-likeness (QED) is 0.555. The fraction of sp³-hybridized carbons (Fsp3) is 1.00.